The van der Waals surface area contributed by atoms with Gasteiger partial charge in [0.1, 0.15) is 11.6 Å². The number of rotatable bonds is 0. The zero-order chi connectivity index (χ0) is 10.3. The van der Waals surface area contributed by atoms with Crippen molar-refractivity contribution in [3.63, 3.8) is 0 Å². The van der Waals surface area contributed by atoms with Crippen molar-refractivity contribution in [2.24, 2.45) is 11.8 Å². The lowest BCUT2D eigenvalue weighted by Gasteiger charge is -2.27. The molecule has 0 aliphatic heterocycles. The number of hydrogen-bond donors (Lipinski definition) is 0. The highest BCUT2D eigenvalue weighted by Gasteiger charge is 2.46. The molecule has 0 bridgehead atoms. The molecule has 1 fully saturated rings. The summed E-state index contributed by atoms with van der Waals surface area (Å²) in [5.41, 5.74) is 0. The Morgan fingerprint density at radius 2 is 1.14 bits per heavy atom. The molecular formula is C10H8O4. The second-order valence-corrected chi connectivity index (χ2v) is 3.53. The van der Waals surface area contributed by atoms with Gasteiger partial charge in [0, 0.05) is 12.8 Å². The number of carbonyl (C=O) groups is 4. The lowest BCUT2D eigenvalue weighted by molar-refractivity contribution is -0.147. The average Bonchev–Trinajstić information content (AvgIpc) is 2.16. The molecule has 0 heterocycles. The number of fused-ring (bicyclic) bond motifs is 1. The zero-order valence-corrected chi connectivity index (χ0v) is 7.36. The van der Waals surface area contributed by atoms with Crippen LogP contribution in [0.5, 0.6) is 0 Å². The maximum absolute atomic E-state index is 11.4. The molecule has 0 amide bonds. The molecular weight excluding hydrogens is 184 g/mol. The fraction of sp³-hybridized carbons (Fsp3) is 0.400. The molecule has 0 radical (unpaired) electrons. The van der Waals surface area contributed by atoms with Gasteiger partial charge in [0.2, 0.25) is 0 Å². The first-order valence-corrected chi connectivity index (χ1v) is 4.42. The first-order chi connectivity index (χ1) is 6.61. The van der Waals surface area contributed by atoms with Gasteiger partial charge in [0.25, 0.3) is 0 Å². The molecule has 2 aliphatic carbocycles. The minimum atomic E-state index is -1.02. The van der Waals surface area contributed by atoms with Gasteiger partial charge in [0.15, 0.2) is 11.6 Å². The van der Waals surface area contributed by atoms with E-state index in [4.69, 9.17) is 0 Å². The van der Waals surface area contributed by atoms with Crippen LogP contribution in [0.25, 0.3) is 0 Å². The molecule has 4 nitrogen and oxygen atoms in total. The number of carbonyl (C=O) groups excluding carboxylic acids is 4. The fourth-order valence-corrected chi connectivity index (χ4v) is 1.95. The summed E-state index contributed by atoms with van der Waals surface area (Å²) in [6, 6.07) is 0. The Morgan fingerprint density at radius 1 is 0.786 bits per heavy atom. The number of Topliss-reactive ketones (excluding diaryl/α,β-unsaturated/α-hetero) is 2. The third-order valence-electron chi connectivity index (χ3n) is 2.67. The highest BCUT2D eigenvalue weighted by molar-refractivity contribution is 6.24. The summed E-state index contributed by atoms with van der Waals surface area (Å²) in [7, 11) is 0. The van der Waals surface area contributed by atoms with Crippen LogP contribution in [0.4, 0.5) is 0 Å². The zero-order valence-electron chi connectivity index (χ0n) is 7.36. The Kier molecular flexibility index (Phi) is 1.91. The van der Waals surface area contributed by atoms with Crippen LogP contribution in [0, 0.1) is 11.8 Å². The molecule has 0 aromatic heterocycles. The Morgan fingerprint density at radius 3 is 1.50 bits per heavy atom. The van der Waals surface area contributed by atoms with E-state index < -0.39 is 23.4 Å². The van der Waals surface area contributed by atoms with Gasteiger partial charge in [-0.25, -0.2) is 0 Å². The van der Waals surface area contributed by atoms with Crippen molar-refractivity contribution >= 4 is 23.1 Å². The molecule has 4 heteroatoms. The first kappa shape index (κ1) is 8.99. The SMILES string of the molecule is O=C1C=CC(=O)[C@H]2C(=O)CCC(=O)[C@H]12. The minimum Gasteiger partial charge on any atom is -0.299 e. The van der Waals surface area contributed by atoms with Crippen molar-refractivity contribution in [3.8, 4) is 0 Å². The monoisotopic (exact) mass is 192 g/mol. The molecule has 1 saturated carbocycles. The highest BCUT2D eigenvalue weighted by atomic mass is 16.2. The summed E-state index contributed by atoms with van der Waals surface area (Å²) in [4.78, 5) is 45.4. The smallest absolute Gasteiger partial charge is 0.167 e. The van der Waals surface area contributed by atoms with Crippen LogP contribution >= 0.6 is 0 Å². The van der Waals surface area contributed by atoms with Gasteiger partial charge in [-0.2, -0.15) is 0 Å². The third kappa shape index (κ3) is 1.14. The van der Waals surface area contributed by atoms with Crippen molar-refractivity contribution in [2.75, 3.05) is 0 Å². The van der Waals surface area contributed by atoms with Crippen molar-refractivity contribution in [3.05, 3.63) is 12.2 Å². The average molecular weight is 192 g/mol. The van der Waals surface area contributed by atoms with Crippen LogP contribution in [-0.2, 0) is 19.2 Å². The van der Waals surface area contributed by atoms with Gasteiger partial charge in [-0.15, -0.1) is 0 Å². The summed E-state index contributed by atoms with van der Waals surface area (Å²) < 4.78 is 0. The number of ketones is 4. The van der Waals surface area contributed by atoms with Crippen LogP contribution in [0.3, 0.4) is 0 Å². The molecule has 0 spiro atoms. The van der Waals surface area contributed by atoms with Crippen molar-refractivity contribution in [1.29, 1.82) is 0 Å². The van der Waals surface area contributed by atoms with E-state index in [9.17, 15) is 19.2 Å². The van der Waals surface area contributed by atoms with Crippen molar-refractivity contribution in [1.82, 2.24) is 0 Å². The predicted molar refractivity (Wildman–Crippen MR) is 45.4 cm³/mol. The standard InChI is InChI=1S/C10H8O4/c11-5-1-2-6(12)10-8(14)4-3-7(13)9(5)10/h1-2,9-10H,3-4H2/t9-,10-/m0/s1. The quantitative estimate of drug-likeness (QED) is 0.501. The van der Waals surface area contributed by atoms with E-state index >= 15 is 0 Å². The number of hydrogen-bond acceptors (Lipinski definition) is 4. The van der Waals surface area contributed by atoms with E-state index in [0.29, 0.717) is 0 Å². The predicted octanol–water partition coefficient (Wildman–Crippen LogP) is -0.141. The second-order valence-electron chi connectivity index (χ2n) is 3.53. The van der Waals surface area contributed by atoms with Gasteiger partial charge >= 0.3 is 0 Å². The molecule has 2 aliphatic rings. The van der Waals surface area contributed by atoms with E-state index in [1.165, 1.54) is 0 Å². The molecule has 14 heavy (non-hydrogen) atoms. The molecule has 0 unspecified atom stereocenters. The van der Waals surface area contributed by atoms with Gasteiger partial charge in [-0.3, -0.25) is 19.2 Å². The van der Waals surface area contributed by atoms with Crippen LogP contribution in [0.2, 0.25) is 0 Å². The molecule has 72 valence electrons. The van der Waals surface area contributed by atoms with Gasteiger partial charge in [-0.05, 0) is 12.2 Å². The molecule has 2 atom stereocenters. The van der Waals surface area contributed by atoms with E-state index in [-0.39, 0.29) is 24.4 Å². The van der Waals surface area contributed by atoms with Gasteiger partial charge < -0.3 is 0 Å². The lowest BCUT2D eigenvalue weighted by Crippen LogP contribution is -2.45. The van der Waals surface area contributed by atoms with Crippen molar-refractivity contribution < 1.29 is 19.2 Å². The summed E-state index contributed by atoms with van der Waals surface area (Å²) in [5, 5.41) is 0. The van der Waals surface area contributed by atoms with E-state index in [1.54, 1.807) is 0 Å². The topological polar surface area (TPSA) is 68.3 Å². The molecule has 0 aromatic carbocycles. The molecule has 0 saturated heterocycles. The summed E-state index contributed by atoms with van der Waals surface area (Å²) in [5.74, 6) is -3.42. The first-order valence-electron chi connectivity index (χ1n) is 4.42. The van der Waals surface area contributed by atoms with E-state index in [1.807, 2.05) is 0 Å². The van der Waals surface area contributed by atoms with E-state index in [0.717, 1.165) is 12.2 Å². The molecule has 0 N–H and O–H groups in total. The van der Waals surface area contributed by atoms with Gasteiger partial charge in [-0.1, -0.05) is 0 Å². The fourth-order valence-electron chi connectivity index (χ4n) is 1.95. The largest absolute Gasteiger partial charge is 0.299 e. The third-order valence-corrected chi connectivity index (χ3v) is 2.67. The van der Waals surface area contributed by atoms with E-state index in [2.05, 4.69) is 0 Å². The van der Waals surface area contributed by atoms with Gasteiger partial charge in [0.05, 0.1) is 11.8 Å². The molecule has 2 rings (SSSR count). The Bertz CT molecular complexity index is 342. The van der Waals surface area contributed by atoms with Crippen LogP contribution in [-0.4, -0.2) is 23.1 Å². The van der Waals surface area contributed by atoms with Crippen LogP contribution in [0.1, 0.15) is 12.8 Å². The van der Waals surface area contributed by atoms with Crippen LogP contribution < -0.4 is 0 Å². The Labute approximate surface area is 80.0 Å². The Balaban J connectivity index is 2.45. The maximum Gasteiger partial charge on any atom is 0.167 e. The number of allylic oxidation sites excluding steroid dienone is 2. The minimum absolute atomic E-state index is 0.0901. The molecule has 0 aromatic rings. The highest BCUT2D eigenvalue weighted by Crippen LogP contribution is 2.29. The normalized spacial score (nSPS) is 32.0. The summed E-state index contributed by atoms with van der Waals surface area (Å²) >= 11 is 0. The van der Waals surface area contributed by atoms with Crippen LogP contribution in [0.15, 0.2) is 12.2 Å². The Hall–Kier alpha value is -1.58. The lowest BCUT2D eigenvalue weighted by atomic mass is 9.71. The summed E-state index contributed by atoms with van der Waals surface area (Å²) in [6.45, 7) is 0. The second kappa shape index (κ2) is 2.97. The van der Waals surface area contributed by atoms with Crippen molar-refractivity contribution in [2.45, 2.75) is 12.8 Å². The summed E-state index contributed by atoms with van der Waals surface area (Å²) in [6.07, 6.45) is 2.37. The maximum atomic E-state index is 11.4.